The predicted molar refractivity (Wildman–Crippen MR) is 64.1 cm³/mol. The molecule has 1 heterocycles. The number of hydrogen-bond acceptors (Lipinski definition) is 3. The molecule has 0 radical (unpaired) electrons. The van der Waals surface area contributed by atoms with Crippen molar-refractivity contribution in [2.75, 3.05) is 5.75 Å². The molecule has 0 aliphatic carbocycles. The van der Waals surface area contributed by atoms with Crippen molar-refractivity contribution in [2.24, 2.45) is 0 Å². The summed E-state index contributed by atoms with van der Waals surface area (Å²) in [5, 5.41) is 0.861. The summed E-state index contributed by atoms with van der Waals surface area (Å²) < 4.78 is 23.7. The SMILES string of the molecule is CCCS(=O)(=O)c1ccc2ncccc2c1. The molecule has 0 saturated heterocycles. The fourth-order valence-electron chi connectivity index (χ4n) is 1.63. The zero-order chi connectivity index (χ0) is 11.6. The van der Waals surface area contributed by atoms with Crippen molar-refractivity contribution in [3.63, 3.8) is 0 Å². The first-order chi connectivity index (χ1) is 7.63. The van der Waals surface area contributed by atoms with E-state index >= 15 is 0 Å². The zero-order valence-electron chi connectivity index (χ0n) is 9.05. The summed E-state index contributed by atoms with van der Waals surface area (Å²) in [6.45, 7) is 1.86. The largest absolute Gasteiger partial charge is 0.256 e. The second kappa shape index (κ2) is 4.22. The van der Waals surface area contributed by atoms with E-state index in [1.807, 2.05) is 13.0 Å². The molecule has 1 aromatic heterocycles. The zero-order valence-corrected chi connectivity index (χ0v) is 9.87. The van der Waals surface area contributed by atoms with Crippen LogP contribution in [0.4, 0.5) is 0 Å². The fraction of sp³-hybridized carbons (Fsp3) is 0.250. The average molecular weight is 235 g/mol. The summed E-state index contributed by atoms with van der Waals surface area (Å²) in [5.41, 5.74) is 0.818. The second-order valence-corrected chi connectivity index (χ2v) is 5.79. The maximum absolute atomic E-state index is 11.9. The normalized spacial score (nSPS) is 11.8. The van der Waals surface area contributed by atoms with Gasteiger partial charge in [-0.1, -0.05) is 13.0 Å². The van der Waals surface area contributed by atoms with E-state index in [1.165, 1.54) is 0 Å². The Morgan fingerprint density at radius 3 is 2.81 bits per heavy atom. The summed E-state index contributed by atoms with van der Waals surface area (Å²) in [7, 11) is -3.13. The van der Waals surface area contributed by atoms with Crippen LogP contribution in [-0.2, 0) is 9.84 Å². The topological polar surface area (TPSA) is 47.0 Å². The van der Waals surface area contributed by atoms with Crippen LogP contribution in [0.15, 0.2) is 41.4 Å². The molecule has 0 N–H and O–H groups in total. The van der Waals surface area contributed by atoms with Gasteiger partial charge in [0.2, 0.25) is 0 Å². The first-order valence-corrected chi connectivity index (χ1v) is 6.86. The number of fused-ring (bicyclic) bond motifs is 1. The van der Waals surface area contributed by atoms with E-state index in [0.29, 0.717) is 11.3 Å². The Hall–Kier alpha value is -1.42. The molecule has 0 atom stereocenters. The molecule has 0 spiro atoms. The monoisotopic (exact) mass is 235 g/mol. The van der Waals surface area contributed by atoms with Crippen LogP contribution < -0.4 is 0 Å². The highest BCUT2D eigenvalue weighted by Gasteiger charge is 2.13. The molecular formula is C12H13NO2S. The molecule has 4 heteroatoms. The minimum absolute atomic E-state index is 0.193. The highest BCUT2D eigenvalue weighted by molar-refractivity contribution is 7.91. The van der Waals surface area contributed by atoms with Crippen LogP contribution >= 0.6 is 0 Å². The lowest BCUT2D eigenvalue weighted by molar-refractivity contribution is 0.595. The van der Waals surface area contributed by atoms with Gasteiger partial charge in [-0.25, -0.2) is 8.42 Å². The number of nitrogens with zero attached hydrogens (tertiary/aromatic N) is 1. The molecule has 16 heavy (non-hydrogen) atoms. The van der Waals surface area contributed by atoms with Crippen LogP contribution in [0.5, 0.6) is 0 Å². The first-order valence-electron chi connectivity index (χ1n) is 5.21. The minimum atomic E-state index is -3.13. The number of rotatable bonds is 3. The third-order valence-corrected chi connectivity index (χ3v) is 4.32. The van der Waals surface area contributed by atoms with E-state index in [4.69, 9.17) is 0 Å². The van der Waals surface area contributed by atoms with Gasteiger partial charge in [0, 0.05) is 11.6 Å². The van der Waals surface area contributed by atoms with E-state index < -0.39 is 9.84 Å². The Balaban J connectivity index is 2.55. The Morgan fingerprint density at radius 2 is 2.06 bits per heavy atom. The van der Waals surface area contributed by atoms with Crippen molar-refractivity contribution >= 4 is 20.7 Å². The van der Waals surface area contributed by atoms with Gasteiger partial charge in [0.1, 0.15) is 0 Å². The maximum Gasteiger partial charge on any atom is 0.178 e. The number of hydrogen-bond donors (Lipinski definition) is 0. The van der Waals surface area contributed by atoms with Gasteiger partial charge in [-0.3, -0.25) is 4.98 Å². The van der Waals surface area contributed by atoms with Crippen LogP contribution in [0.3, 0.4) is 0 Å². The molecule has 0 aliphatic rings. The fourth-order valence-corrected chi connectivity index (χ4v) is 2.99. The lowest BCUT2D eigenvalue weighted by Gasteiger charge is -2.03. The lowest BCUT2D eigenvalue weighted by Crippen LogP contribution is -2.05. The van der Waals surface area contributed by atoms with E-state index in [2.05, 4.69) is 4.98 Å². The van der Waals surface area contributed by atoms with Crippen LogP contribution in [0.2, 0.25) is 0 Å². The molecule has 1 aromatic carbocycles. The summed E-state index contributed by atoms with van der Waals surface area (Å²) in [4.78, 5) is 4.54. The lowest BCUT2D eigenvalue weighted by atomic mass is 10.2. The van der Waals surface area contributed by atoms with Gasteiger partial charge in [-0.05, 0) is 30.7 Å². The Bertz CT molecular complexity index is 605. The molecule has 0 amide bonds. The molecular weight excluding hydrogens is 222 g/mol. The average Bonchev–Trinajstić information content (AvgIpc) is 2.28. The van der Waals surface area contributed by atoms with Gasteiger partial charge in [-0.15, -0.1) is 0 Å². The molecule has 0 bridgehead atoms. The quantitative estimate of drug-likeness (QED) is 0.820. The molecule has 0 aliphatic heterocycles. The maximum atomic E-state index is 11.9. The van der Waals surface area contributed by atoms with Crippen molar-refractivity contribution < 1.29 is 8.42 Å². The Morgan fingerprint density at radius 1 is 1.25 bits per heavy atom. The van der Waals surface area contributed by atoms with E-state index in [-0.39, 0.29) is 5.75 Å². The van der Waals surface area contributed by atoms with Crippen molar-refractivity contribution in [3.05, 3.63) is 36.5 Å². The third-order valence-electron chi connectivity index (χ3n) is 2.41. The summed E-state index contributed by atoms with van der Waals surface area (Å²) in [6, 6.07) is 8.73. The molecule has 0 saturated carbocycles. The van der Waals surface area contributed by atoms with E-state index in [0.717, 1.165) is 10.9 Å². The molecule has 3 nitrogen and oxygen atoms in total. The minimum Gasteiger partial charge on any atom is -0.256 e. The Kier molecular flexibility index (Phi) is 2.92. The first kappa shape index (κ1) is 11.1. The standard InChI is InChI=1S/C12H13NO2S/c1-2-8-16(14,15)11-5-6-12-10(9-11)4-3-7-13-12/h3-7,9H,2,8H2,1H3. The number of sulfone groups is 1. The molecule has 84 valence electrons. The van der Waals surface area contributed by atoms with Crippen LogP contribution in [0.1, 0.15) is 13.3 Å². The Labute approximate surface area is 95.1 Å². The van der Waals surface area contributed by atoms with E-state index in [1.54, 1.807) is 30.5 Å². The van der Waals surface area contributed by atoms with Crippen LogP contribution in [-0.4, -0.2) is 19.2 Å². The van der Waals surface area contributed by atoms with Crippen LogP contribution in [0.25, 0.3) is 10.9 Å². The van der Waals surface area contributed by atoms with Gasteiger partial charge in [-0.2, -0.15) is 0 Å². The number of pyridine rings is 1. The second-order valence-electron chi connectivity index (χ2n) is 3.68. The highest BCUT2D eigenvalue weighted by atomic mass is 32.2. The highest BCUT2D eigenvalue weighted by Crippen LogP contribution is 2.18. The van der Waals surface area contributed by atoms with Crippen molar-refractivity contribution in [3.8, 4) is 0 Å². The molecule has 2 aromatic rings. The van der Waals surface area contributed by atoms with Crippen LogP contribution in [0, 0.1) is 0 Å². The third kappa shape index (κ3) is 2.07. The predicted octanol–water partition coefficient (Wildman–Crippen LogP) is 2.42. The van der Waals surface area contributed by atoms with Gasteiger partial charge in [0.05, 0.1) is 16.2 Å². The van der Waals surface area contributed by atoms with Crippen molar-refractivity contribution in [1.29, 1.82) is 0 Å². The molecule has 0 unspecified atom stereocenters. The molecule has 0 fully saturated rings. The van der Waals surface area contributed by atoms with Crippen molar-refractivity contribution in [2.45, 2.75) is 18.2 Å². The van der Waals surface area contributed by atoms with E-state index in [9.17, 15) is 8.42 Å². The smallest absolute Gasteiger partial charge is 0.178 e. The van der Waals surface area contributed by atoms with Gasteiger partial charge in [0.25, 0.3) is 0 Å². The summed E-state index contributed by atoms with van der Waals surface area (Å²) >= 11 is 0. The van der Waals surface area contributed by atoms with Gasteiger partial charge in [0.15, 0.2) is 9.84 Å². The van der Waals surface area contributed by atoms with Gasteiger partial charge >= 0.3 is 0 Å². The summed E-state index contributed by atoms with van der Waals surface area (Å²) in [5.74, 6) is 0.193. The summed E-state index contributed by atoms with van der Waals surface area (Å²) in [6.07, 6.45) is 2.33. The number of aromatic nitrogens is 1. The molecule has 2 rings (SSSR count). The van der Waals surface area contributed by atoms with Crippen molar-refractivity contribution in [1.82, 2.24) is 4.98 Å². The van der Waals surface area contributed by atoms with Gasteiger partial charge < -0.3 is 0 Å². The number of benzene rings is 1.